The van der Waals surface area contributed by atoms with E-state index in [1.54, 1.807) is 7.05 Å². The number of aryl methyl sites for hydroxylation is 1. The largest absolute Gasteiger partial charge is 0.466 e. The number of hydrogen-bond donors (Lipinski definition) is 1. The molecule has 1 N–H and O–H groups in total. The Morgan fingerprint density at radius 3 is 3.00 bits per heavy atom. The van der Waals surface area contributed by atoms with Crippen molar-refractivity contribution in [2.75, 3.05) is 33.3 Å². The highest BCUT2D eigenvalue weighted by Crippen LogP contribution is 2.18. The van der Waals surface area contributed by atoms with Gasteiger partial charge in [-0.2, -0.15) is 0 Å². The molecule has 8 heteroatoms. The standard InChI is InChI=1S/C20H29N5O2.HI/c1-4-27-19(26)16-8-6-12-25(13-16)20(21-3)22-10-9-17-14-24-11-5-7-15(2)18(24)23-17;/h5,7,11,14,16H,4,6,8-10,12-13H2,1-3H3,(H,21,22);1H. The van der Waals surface area contributed by atoms with Gasteiger partial charge in [-0.15, -0.1) is 24.0 Å². The highest BCUT2D eigenvalue weighted by atomic mass is 127. The average Bonchev–Trinajstić information content (AvgIpc) is 3.10. The number of carbonyl (C=O) groups excluding carboxylic acids is 1. The van der Waals surface area contributed by atoms with Gasteiger partial charge in [-0.1, -0.05) is 6.07 Å². The fourth-order valence-corrected chi connectivity index (χ4v) is 3.58. The van der Waals surface area contributed by atoms with Crippen LogP contribution in [0.5, 0.6) is 0 Å². The molecule has 0 saturated carbocycles. The molecule has 2 aromatic heterocycles. The third-order valence-corrected chi connectivity index (χ3v) is 4.94. The van der Waals surface area contributed by atoms with Gasteiger partial charge in [0.1, 0.15) is 5.65 Å². The Morgan fingerprint density at radius 1 is 1.46 bits per heavy atom. The van der Waals surface area contributed by atoms with Gasteiger partial charge in [0.15, 0.2) is 5.96 Å². The number of piperidine rings is 1. The van der Waals surface area contributed by atoms with Crippen molar-refractivity contribution in [3.8, 4) is 0 Å². The summed E-state index contributed by atoms with van der Waals surface area (Å²) in [6.45, 7) is 6.66. The average molecular weight is 499 g/mol. The van der Waals surface area contributed by atoms with Gasteiger partial charge in [-0.25, -0.2) is 4.98 Å². The third-order valence-electron chi connectivity index (χ3n) is 4.94. The molecule has 1 saturated heterocycles. The third kappa shape index (κ3) is 5.36. The first-order valence-electron chi connectivity index (χ1n) is 9.67. The molecule has 1 aliphatic rings. The van der Waals surface area contributed by atoms with Crippen LogP contribution < -0.4 is 5.32 Å². The van der Waals surface area contributed by atoms with Gasteiger partial charge >= 0.3 is 5.97 Å². The number of nitrogens with zero attached hydrogens (tertiary/aromatic N) is 4. The van der Waals surface area contributed by atoms with Gasteiger partial charge in [-0.05, 0) is 38.3 Å². The maximum atomic E-state index is 12.0. The van der Waals surface area contributed by atoms with E-state index in [9.17, 15) is 4.79 Å². The minimum Gasteiger partial charge on any atom is -0.466 e. The number of carbonyl (C=O) groups is 1. The van der Waals surface area contributed by atoms with Gasteiger partial charge in [0.05, 0.1) is 18.2 Å². The number of halogens is 1. The molecule has 0 spiro atoms. The molecular weight excluding hydrogens is 469 g/mol. The number of hydrogen-bond acceptors (Lipinski definition) is 4. The summed E-state index contributed by atoms with van der Waals surface area (Å²) < 4.78 is 7.25. The second-order valence-electron chi connectivity index (χ2n) is 6.92. The minimum atomic E-state index is -0.0993. The van der Waals surface area contributed by atoms with E-state index in [4.69, 9.17) is 9.72 Å². The van der Waals surface area contributed by atoms with Crippen molar-refractivity contribution in [3.05, 3.63) is 35.8 Å². The molecule has 1 fully saturated rings. The van der Waals surface area contributed by atoms with E-state index in [-0.39, 0.29) is 35.9 Å². The summed E-state index contributed by atoms with van der Waals surface area (Å²) >= 11 is 0. The molecular formula is C20H30IN5O2. The maximum Gasteiger partial charge on any atom is 0.310 e. The summed E-state index contributed by atoms with van der Waals surface area (Å²) in [7, 11) is 1.78. The van der Waals surface area contributed by atoms with E-state index in [1.165, 1.54) is 5.56 Å². The van der Waals surface area contributed by atoms with Crippen molar-refractivity contribution in [1.82, 2.24) is 19.6 Å². The molecule has 0 bridgehead atoms. The Labute approximate surface area is 183 Å². The molecule has 1 unspecified atom stereocenters. The van der Waals surface area contributed by atoms with Crippen LogP contribution in [0.3, 0.4) is 0 Å². The van der Waals surface area contributed by atoms with Crippen molar-refractivity contribution in [3.63, 3.8) is 0 Å². The van der Waals surface area contributed by atoms with Crippen molar-refractivity contribution in [2.45, 2.75) is 33.1 Å². The molecule has 154 valence electrons. The molecule has 3 heterocycles. The number of likely N-dealkylation sites (tertiary alicyclic amines) is 1. The van der Waals surface area contributed by atoms with Crippen LogP contribution in [0.2, 0.25) is 0 Å². The van der Waals surface area contributed by atoms with E-state index in [1.807, 2.05) is 19.2 Å². The summed E-state index contributed by atoms with van der Waals surface area (Å²) in [6.07, 6.45) is 6.76. The smallest absolute Gasteiger partial charge is 0.310 e. The lowest BCUT2D eigenvalue weighted by molar-refractivity contribution is -0.149. The van der Waals surface area contributed by atoms with E-state index < -0.39 is 0 Å². The lowest BCUT2D eigenvalue weighted by Crippen LogP contribution is -2.48. The van der Waals surface area contributed by atoms with Crippen molar-refractivity contribution in [2.24, 2.45) is 10.9 Å². The SMILES string of the molecule is CCOC(=O)C1CCCN(C(=NC)NCCc2cn3cccc(C)c3n2)C1.I. The summed E-state index contributed by atoms with van der Waals surface area (Å²) in [4.78, 5) is 23.3. The number of aliphatic imine (C=N–C) groups is 1. The zero-order valence-corrected chi connectivity index (χ0v) is 19.2. The first kappa shape index (κ1) is 22.4. The van der Waals surface area contributed by atoms with Crippen molar-refractivity contribution in [1.29, 1.82) is 0 Å². The Kier molecular flexibility index (Phi) is 8.53. The molecule has 1 atom stereocenters. The van der Waals surface area contributed by atoms with Crippen LogP contribution in [0.4, 0.5) is 0 Å². The number of rotatable bonds is 5. The van der Waals surface area contributed by atoms with Crippen LogP contribution in [-0.2, 0) is 16.0 Å². The fraction of sp³-hybridized carbons (Fsp3) is 0.550. The number of esters is 1. The first-order chi connectivity index (χ1) is 13.1. The van der Waals surface area contributed by atoms with E-state index in [0.29, 0.717) is 13.2 Å². The molecule has 7 nitrogen and oxygen atoms in total. The highest BCUT2D eigenvalue weighted by Gasteiger charge is 2.28. The lowest BCUT2D eigenvalue weighted by atomic mass is 9.98. The van der Waals surface area contributed by atoms with Gasteiger partial charge < -0.3 is 19.4 Å². The molecule has 0 aliphatic carbocycles. The number of imidazole rings is 1. The lowest BCUT2D eigenvalue weighted by Gasteiger charge is -2.33. The van der Waals surface area contributed by atoms with Crippen LogP contribution in [0.25, 0.3) is 5.65 Å². The number of pyridine rings is 1. The summed E-state index contributed by atoms with van der Waals surface area (Å²) in [5, 5.41) is 3.41. The van der Waals surface area contributed by atoms with Crippen LogP contribution in [0.15, 0.2) is 29.5 Å². The number of nitrogens with one attached hydrogen (secondary N) is 1. The van der Waals surface area contributed by atoms with Crippen molar-refractivity contribution >= 4 is 41.6 Å². The predicted molar refractivity (Wildman–Crippen MR) is 121 cm³/mol. The van der Waals surface area contributed by atoms with Crippen LogP contribution in [0, 0.1) is 12.8 Å². The monoisotopic (exact) mass is 499 g/mol. The van der Waals surface area contributed by atoms with E-state index >= 15 is 0 Å². The number of ether oxygens (including phenoxy) is 1. The second-order valence-corrected chi connectivity index (χ2v) is 6.92. The molecule has 0 radical (unpaired) electrons. The Hall–Kier alpha value is -1.84. The quantitative estimate of drug-likeness (QED) is 0.297. The maximum absolute atomic E-state index is 12.0. The van der Waals surface area contributed by atoms with E-state index in [2.05, 4.69) is 38.8 Å². The van der Waals surface area contributed by atoms with Crippen molar-refractivity contribution < 1.29 is 9.53 Å². The van der Waals surface area contributed by atoms with Gasteiger partial charge in [0, 0.05) is 45.5 Å². The number of aromatic nitrogens is 2. The molecule has 0 aromatic carbocycles. The van der Waals surface area contributed by atoms with E-state index in [0.717, 1.165) is 49.7 Å². The molecule has 3 rings (SSSR count). The van der Waals surface area contributed by atoms with Gasteiger partial charge in [0.25, 0.3) is 0 Å². The zero-order valence-electron chi connectivity index (χ0n) is 16.9. The van der Waals surface area contributed by atoms with Crippen LogP contribution in [0.1, 0.15) is 31.0 Å². The molecule has 2 aromatic rings. The highest BCUT2D eigenvalue weighted by molar-refractivity contribution is 14.0. The second kappa shape index (κ2) is 10.6. The number of fused-ring (bicyclic) bond motifs is 1. The Morgan fingerprint density at radius 2 is 2.29 bits per heavy atom. The molecule has 28 heavy (non-hydrogen) atoms. The number of guanidine groups is 1. The minimum absolute atomic E-state index is 0. The normalized spacial score (nSPS) is 17.3. The fourth-order valence-electron chi connectivity index (χ4n) is 3.58. The van der Waals surface area contributed by atoms with Crippen LogP contribution in [-0.4, -0.2) is 59.5 Å². The van der Waals surface area contributed by atoms with Gasteiger partial charge in [0.2, 0.25) is 0 Å². The van der Waals surface area contributed by atoms with Crippen LogP contribution >= 0.6 is 24.0 Å². The predicted octanol–water partition coefficient (Wildman–Crippen LogP) is 2.65. The summed E-state index contributed by atoms with van der Waals surface area (Å²) in [6, 6.07) is 4.10. The molecule has 0 amide bonds. The Balaban J connectivity index is 0.00000280. The zero-order chi connectivity index (χ0) is 19.2. The van der Waals surface area contributed by atoms with Gasteiger partial charge in [-0.3, -0.25) is 9.79 Å². The Bertz CT molecular complexity index is 820. The summed E-state index contributed by atoms with van der Waals surface area (Å²) in [5.41, 5.74) is 3.23. The molecule has 1 aliphatic heterocycles. The summed E-state index contributed by atoms with van der Waals surface area (Å²) in [5.74, 6) is 0.667. The topological polar surface area (TPSA) is 71.2 Å². The first-order valence-corrected chi connectivity index (χ1v) is 9.67.